The van der Waals surface area contributed by atoms with Gasteiger partial charge in [-0.1, -0.05) is 18.2 Å². The molecule has 0 spiro atoms. The number of hydrogen-bond donors (Lipinski definition) is 0. The summed E-state index contributed by atoms with van der Waals surface area (Å²) in [7, 11) is 3.18. The number of ether oxygens (including phenoxy) is 1. The zero-order chi connectivity index (χ0) is 21.0. The van der Waals surface area contributed by atoms with Gasteiger partial charge in [0.25, 0.3) is 5.91 Å². The van der Waals surface area contributed by atoms with Crippen molar-refractivity contribution in [2.75, 3.05) is 19.0 Å². The average Bonchev–Trinajstić information content (AvgIpc) is 3.27. The highest BCUT2D eigenvalue weighted by atomic mass is 16.5. The highest BCUT2D eigenvalue weighted by molar-refractivity contribution is 6.09. The second kappa shape index (κ2) is 6.62. The number of aliphatic imine (C=N–C) groups is 1. The van der Waals surface area contributed by atoms with E-state index in [1.54, 1.807) is 7.05 Å². The maximum absolute atomic E-state index is 12.8. The monoisotopic (exact) mass is 403 g/mol. The van der Waals surface area contributed by atoms with Crippen LogP contribution in [0.5, 0.6) is 11.5 Å². The molecule has 8 nitrogen and oxygen atoms in total. The van der Waals surface area contributed by atoms with Gasteiger partial charge in [-0.05, 0) is 43.3 Å². The Morgan fingerprint density at radius 3 is 2.30 bits per heavy atom. The molecule has 0 aromatic heterocycles. The van der Waals surface area contributed by atoms with Crippen LogP contribution in [0.25, 0.3) is 0 Å². The summed E-state index contributed by atoms with van der Waals surface area (Å²) in [4.78, 5) is 36.3. The molecular formula is C22H21N5O3. The number of hydrogen-bond acceptors (Lipinski definition) is 6. The summed E-state index contributed by atoms with van der Waals surface area (Å²) in [6.45, 7) is 1.97. The van der Waals surface area contributed by atoms with E-state index in [4.69, 9.17) is 9.73 Å². The third-order valence-corrected chi connectivity index (χ3v) is 5.58. The number of likely N-dealkylation sites (N-methyl/N-ethyl adjacent to an activating group) is 2. The summed E-state index contributed by atoms with van der Waals surface area (Å²) in [6, 6.07) is 16.4. The number of imide groups is 1. The topological polar surface area (TPSA) is 68.7 Å². The molecule has 5 rings (SSSR count). The Balaban J connectivity index is 1.43. The maximum Gasteiger partial charge on any atom is 0.328 e. The van der Waals surface area contributed by atoms with Crippen molar-refractivity contribution < 1.29 is 14.3 Å². The Morgan fingerprint density at radius 1 is 0.933 bits per heavy atom. The number of carbonyl (C=O) groups is 2. The minimum Gasteiger partial charge on any atom is -0.457 e. The van der Waals surface area contributed by atoms with E-state index in [-0.39, 0.29) is 11.9 Å². The summed E-state index contributed by atoms with van der Waals surface area (Å²) >= 11 is 0. The lowest BCUT2D eigenvalue weighted by Crippen LogP contribution is -2.63. The van der Waals surface area contributed by atoms with Crippen LogP contribution >= 0.6 is 0 Å². The Kier molecular flexibility index (Phi) is 4.02. The highest BCUT2D eigenvalue weighted by Gasteiger charge is 2.53. The molecule has 0 radical (unpaired) electrons. The molecule has 0 bridgehead atoms. The Hall–Kier alpha value is -3.81. The third kappa shape index (κ3) is 2.64. The highest BCUT2D eigenvalue weighted by Crippen LogP contribution is 2.36. The summed E-state index contributed by atoms with van der Waals surface area (Å²) in [5.74, 6) is 1.89. The second-order valence-corrected chi connectivity index (χ2v) is 7.50. The van der Waals surface area contributed by atoms with E-state index in [9.17, 15) is 9.59 Å². The molecule has 0 aliphatic carbocycles. The zero-order valence-corrected chi connectivity index (χ0v) is 16.9. The van der Waals surface area contributed by atoms with Crippen LogP contribution in [-0.2, 0) is 4.79 Å². The van der Waals surface area contributed by atoms with Crippen molar-refractivity contribution in [2.24, 2.45) is 4.99 Å². The number of allylic oxidation sites excluding steroid dienone is 1. The van der Waals surface area contributed by atoms with Crippen LogP contribution in [0, 0.1) is 0 Å². The smallest absolute Gasteiger partial charge is 0.328 e. The summed E-state index contributed by atoms with van der Waals surface area (Å²) in [5.41, 5.74) is 1.85. The van der Waals surface area contributed by atoms with Gasteiger partial charge >= 0.3 is 6.03 Å². The number of fused-ring (bicyclic) bond motifs is 3. The van der Waals surface area contributed by atoms with E-state index in [0.717, 1.165) is 27.8 Å². The molecule has 0 N–H and O–H groups in total. The van der Waals surface area contributed by atoms with Crippen LogP contribution in [0.4, 0.5) is 10.5 Å². The maximum atomic E-state index is 12.8. The van der Waals surface area contributed by atoms with Crippen LogP contribution in [-0.4, -0.2) is 58.9 Å². The standard InChI is InChI=1S/C22H21N5O3/c1-14-13-26-18-19(24(2)22(29)25(3)20(18)28)23-21(26)27(14)15-9-11-17(12-10-15)30-16-7-5-4-6-8-16/h4-13,18-19H,1-3H3. The largest absolute Gasteiger partial charge is 0.457 e. The van der Waals surface area contributed by atoms with Crippen molar-refractivity contribution in [3.05, 3.63) is 66.5 Å². The number of anilines is 1. The normalized spacial score (nSPS) is 22.8. The average molecular weight is 403 g/mol. The van der Waals surface area contributed by atoms with E-state index in [1.807, 2.05) is 77.5 Å². The van der Waals surface area contributed by atoms with Gasteiger partial charge in [0.1, 0.15) is 11.5 Å². The lowest BCUT2D eigenvalue weighted by molar-refractivity contribution is -0.135. The molecule has 1 saturated heterocycles. The minimum atomic E-state index is -0.548. The number of nitrogens with zero attached hydrogens (tertiary/aromatic N) is 5. The van der Waals surface area contributed by atoms with E-state index >= 15 is 0 Å². The number of para-hydroxylation sites is 1. The fourth-order valence-electron chi connectivity index (χ4n) is 4.05. The molecule has 1 fully saturated rings. The van der Waals surface area contributed by atoms with Gasteiger partial charge < -0.3 is 14.5 Å². The van der Waals surface area contributed by atoms with Crippen LogP contribution in [0.1, 0.15) is 6.92 Å². The fraction of sp³-hybridized carbons (Fsp3) is 0.227. The molecule has 152 valence electrons. The molecule has 8 heteroatoms. The molecule has 3 heterocycles. The molecular weight excluding hydrogens is 382 g/mol. The van der Waals surface area contributed by atoms with Gasteiger partial charge in [-0.15, -0.1) is 0 Å². The second-order valence-electron chi connectivity index (χ2n) is 7.50. The Morgan fingerprint density at radius 2 is 1.60 bits per heavy atom. The number of benzene rings is 2. The van der Waals surface area contributed by atoms with Gasteiger partial charge in [-0.2, -0.15) is 0 Å². The first kappa shape index (κ1) is 18.2. The predicted octanol–water partition coefficient (Wildman–Crippen LogP) is 3.05. The van der Waals surface area contributed by atoms with Gasteiger partial charge in [0.15, 0.2) is 12.2 Å². The van der Waals surface area contributed by atoms with Crippen molar-refractivity contribution in [2.45, 2.75) is 19.1 Å². The molecule has 3 amide bonds. The van der Waals surface area contributed by atoms with Crippen LogP contribution in [0.3, 0.4) is 0 Å². The summed E-state index contributed by atoms with van der Waals surface area (Å²) < 4.78 is 5.87. The molecule has 30 heavy (non-hydrogen) atoms. The van der Waals surface area contributed by atoms with Crippen molar-refractivity contribution in [1.82, 2.24) is 14.7 Å². The number of guanidine groups is 1. The fourth-order valence-corrected chi connectivity index (χ4v) is 4.05. The van der Waals surface area contributed by atoms with Crippen molar-refractivity contribution in [3.8, 4) is 11.5 Å². The van der Waals surface area contributed by atoms with Gasteiger partial charge in [-0.3, -0.25) is 14.6 Å². The minimum absolute atomic E-state index is 0.251. The molecule has 2 atom stereocenters. The number of urea groups is 1. The zero-order valence-electron chi connectivity index (χ0n) is 16.9. The first-order valence-corrected chi connectivity index (χ1v) is 9.68. The van der Waals surface area contributed by atoms with Crippen molar-refractivity contribution in [1.29, 1.82) is 0 Å². The lowest BCUT2D eigenvalue weighted by Gasteiger charge is -2.38. The third-order valence-electron chi connectivity index (χ3n) is 5.58. The molecule has 3 aliphatic heterocycles. The van der Waals surface area contributed by atoms with E-state index in [0.29, 0.717) is 5.96 Å². The van der Waals surface area contributed by atoms with Crippen LogP contribution in [0.15, 0.2) is 71.5 Å². The Bertz CT molecular complexity index is 1080. The van der Waals surface area contributed by atoms with Gasteiger partial charge in [0.2, 0.25) is 5.96 Å². The van der Waals surface area contributed by atoms with E-state index in [2.05, 4.69) is 0 Å². The molecule has 2 aromatic carbocycles. The van der Waals surface area contributed by atoms with Crippen LogP contribution < -0.4 is 9.64 Å². The number of amides is 3. The van der Waals surface area contributed by atoms with E-state index < -0.39 is 12.2 Å². The number of rotatable bonds is 3. The van der Waals surface area contributed by atoms with Gasteiger partial charge in [-0.25, -0.2) is 9.79 Å². The predicted molar refractivity (Wildman–Crippen MR) is 112 cm³/mol. The van der Waals surface area contributed by atoms with Gasteiger partial charge in [0, 0.05) is 31.7 Å². The SMILES string of the molecule is CC1=CN2C(=NC3C2C(=O)N(C)C(=O)N3C)N1c1ccc(Oc2ccccc2)cc1. The van der Waals surface area contributed by atoms with Crippen LogP contribution in [0.2, 0.25) is 0 Å². The van der Waals surface area contributed by atoms with E-state index in [1.165, 1.54) is 11.9 Å². The molecule has 2 unspecified atom stereocenters. The summed E-state index contributed by atoms with van der Waals surface area (Å²) in [6.07, 6.45) is 1.37. The first-order chi connectivity index (χ1) is 14.5. The van der Waals surface area contributed by atoms with Gasteiger partial charge in [0.05, 0.1) is 0 Å². The van der Waals surface area contributed by atoms with Crippen molar-refractivity contribution in [3.63, 3.8) is 0 Å². The molecule has 2 aromatic rings. The summed E-state index contributed by atoms with van der Waals surface area (Å²) in [5, 5.41) is 0. The quantitative estimate of drug-likeness (QED) is 0.788. The number of carbonyl (C=O) groups excluding carboxylic acids is 2. The molecule has 3 aliphatic rings. The first-order valence-electron chi connectivity index (χ1n) is 9.68. The lowest BCUT2D eigenvalue weighted by atomic mass is 10.1. The Labute approximate surface area is 174 Å². The van der Waals surface area contributed by atoms with Crippen molar-refractivity contribution >= 4 is 23.6 Å². The molecule has 0 saturated carbocycles.